The van der Waals surface area contributed by atoms with Crippen molar-refractivity contribution in [1.82, 2.24) is 0 Å². The minimum atomic E-state index is -0.213. The van der Waals surface area contributed by atoms with Gasteiger partial charge in [0.2, 0.25) is 0 Å². The van der Waals surface area contributed by atoms with Crippen LogP contribution in [0.25, 0.3) is 0 Å². The number of rotatable bonds is 1. The molecule has 2 nitrogen and oxygen atoms in total. The van der Waals surface area contributed by atoms with Crippen LogP contribution < -0.4 is 0 Å². The highest BCUT2D eigenvalue weighted by Crippen LogP contribution is 2.19. The minimum Gasteiger partial charge on any atom is -0.391 e. The van der Waals surface area contributed by atoms with E-state index >= 15 is 0 Å². The van der Waals surface area contributed by atoms with Crippen LogP contribution in [0, 0.1) is 5.92 Å². The number of hydrogen-bond acceptors (Lipinski definition) is 2. The lowest BCUT2D eigenvalue weighted by atomic mass is 9.98. The lowest BCUT2D eigenvalue weighted by molar-refractivity contribution is -0.0725. The molecule has 0 spiro atoms. The first-order chi connectivity index (χ1) is 4.70. The van der Waals surface area contributed by atoms with E-state index in [0.717, 1.165) is 12.8 Å². The molecular formula is C8H16O2. The molecule has 1 heterocycles. The van der Waals surface area contributed by atoms with E-state index in [2.05, 4.69) is 13.8 Å². The summed E-state index contributed by atoms with van der Waals surface area (Å²) in [5.74, 6) is 0.590. The summed E-state index contributed by atoms with van der Waals surface area (Å²) in [6.07, 6.45) is 2.08. The van der Waals surface area contributed by atoms with Crippen LogP contribution in [0.3, 0.4) is 0 Å². The van der Waals surface area contributed by atoms with E-state index in [4.69, 9.17) is 9.84 Å². The summed E-state index contributed by atoms with van der Waals surface area (Å²) in [5.41, 5.74) is 0. The van der Waals surface area contributed by atoms with Crippen LogP contribution in [-0.2, 0) is 4.74 Å². The van der Waals surface area contributed by atoms with Gasteiger partial charge in [0.15, 0.2) is 0 Å². The van der Waals surface area contributed by atoms with Gasteiger partial charge in [0.05, 0.1) is 18.8 Å². The van der Waals surface area contributed by atoms with Crippen LogP contribution in [0.15, 0.2) is 0 Å². The molecule has 1 unspecified atom stereocenters. The molecule has 1 aliphatic heterocycles. The van der Waals surface area contributed by atoms with Gasteiger partial charge in [0.25, 0.3) is 0 Å². The number of hydrogen-bond donors (Lipinski definition) is 1. The minimum absolute atomic E-state index is 0.213. The van der Waals surface area contributed by atoms with E-state index in [1.54, 1.807) is 0 Å². The average molecular weight is 144 g/mol. The topological polar surface area (TPSA) is 29.5 Å². The summed E-state index contributed by atoms with van der Waals surface area (Å²) >= 11 is 0. The number of ether oxygens (including phenoxy) is 1. The third-order valence-corrected chi connectivity index (χ3v) is 2.03. The SMILES string of the molecule is CC(C)C1CC[C@H](O)CO1. The molecule has 0 aromatic carbocycles. The summed E-state index contributed by atoms with van der Waals surface area (Å²) in [6, 6.07) is 0. The summed E-state index contributed by atoms with van der Waals surface area (Å²) < 4.78 is 5.40. The van der Waals surface area contributed by atoms with Gasteiger partial charge in [-0.1, -0.05) is 13.8 Å². The molecule has 0 saturated carbocycles. The predicted octanol–water partition coefficient (Wildman–Crippen LogP) is 1.18. The summed E-state index contributed by atoms with van der Waals surface area (Å²) in [6.45, 7) is 4.84. The molecule has 60 valence electrons. The standard InChI is InChI=1S/C8H16O2/c1-6(2)8-4-3-7(9)5-10-8/h6-9H,3-5H2,1-2H3/t7-,8?/m0/s1. The fraction of sp³-hybridized carbons (Fsp3) is 1.00. The first kappa shape index (κ1) is 8.02. The molecule has 0 aliphatic carbocycles. The average Bonchev–Trinajstić information content (AvgIpc) is 1.88. The molecule has 1 aliphatic rings. The highest BCUT2D eigenvalue weighted by molar-refractivity contribution is 4.71. The van der Waals surface area contributed by atoms with Crippen molar-refractivity contribution in [3.63, 3.8) is 0 Å². The third-order valence-electron chi connectivity index (χ3n) is 2.03. The maximum absolute atomic E-state index is 9.08. The van der Waals surface area contributed by atoms with Crippen LogP contribution >= 0.6 is 0 Å². The first-order valence-electron chi connectivity index (χ1n) is 4.00. The van der Waals surface area contributed by atoms with E-state index in [0.29, 0.717) is 18.6 Å². The second kappa shape index (κ2) is 3.35. The molecule has 1 saturated heterocycles. The smallest absolute Gasteiger partial charge is 0.0774 e. The first-order valence-corrected chi connectivity index (χ1v) is 4.00. The second-order valence-corrected chi connectivity index (χ2v) is 3.35. The second-order valence-electron chi connectivity index (χ2n) is 3.35. The Labute approximate surface area is 62.2 Å². The van der Waals surface area contributed by atoms with Crippen molar-refractivity contribution in [1.29, 1.82) is 0 Å². The highest BCUT2D eigenvalue weighted by Gasteiger charge is 2.21. The van der Waals surface area contributed by atoms with E-state index < -0.39 is 0 Å². The van der Waals surface area contributed by atoms with E-state index in [9.17, 15) is 0 Å². The van der Waals surface area contributed by atoms with Crippen molar-refractivity contribution in [2.75, 3.05) is 6.61 Å². The third kappa shape index (κ3) is 1.96. The highest BCUT2D eigenvalue weighted by atomic mass is 16.5. The lowest BCUT2D eigenvalue weighted by Gasteiger charge is -2.28. The number of aliphatic hydroxyl groups excluding tert-OH is 1. The lowest BCUT2D eigenvalue weighted by Crippen LogP contribution is -2.32. The van der Waals surface area contributed by atoms with Crippen LogP contribution in [0.4, 0.5) is 0 Å². The van der Waals surface area contributed by atoms with Crippen LogP contribution in [0.1, 0.15) is 26.7 Å². The molecular weight excluding hydrogens is 128 g/mol. The van der Waals surface area contributed by atoms with Crippen molar-refractivity contribution >= 4 is 0 Å². The quantitative estimate of drug-likeness (QED) is 0.599. The molecule has 10 heavy (non-hydrogen) atoms. The fourth-order valence-electron chi connectivity index (χ4n) is 1.28. The normalized spacial score (nSPS) is 34.8. The largest absolute Gasteiger partial charge is 0.391 e. The molecule has 0 amide bonds. The van der Waals surface area contributed by atoms with Gasteiger partial charge in [-0.2, -0.15) is 0 Å². The Balaban J connectivity index is 2.26. The molecule has 0 bridgehead atoms. The molecule has 0 aromatic heterocycles. The van der Waals surface area contributed by atoms with Gasteiger partial charge < -0.3 is 9.84 Å². The monoisotopic (exact) mass is 144 g/mol. The van der Waals surface area contributed by atoms with Gasteiger partial charge in [-0.15, -0.1) is 0 Å². The van der Waals surface area contributed by atoms with Crippen molar-refractivity contribution in [3.05, 3.63) is 0 Å². The van der Waals surface area contributed by atoms with E-state index in [-0.39, 0.29) is 6.10 Å². The van der Waals surface area contributed by atoms with Gasteiger partial charge >= 0.3 is 0 Å². The van der Waals surface area contributed by atoms with Crippen molar-refractivity contribution in [3.8, 4) is 0 Å². The molecule has 1 N–H and O–H groups in total. The molecule has 1 rings (SSSR count). The summed E-state index contributed by atoms with van der Waals surface area (Å²) in [4.78, 5) is 0. The Morgan fingerprint density at radius 2 is 2.10 bits per heavy atom. The van der Waals surface area contributed by atoms with Crippen molar-refractivity contribution in [2.45, 2.75) is 38.9 Å². The Kier molecular flexibility index (Phi) is 2.69. The van der Waals surface area contributed by atoms with Crippen molar-refractivity contribution < 1.29 is 9.84 Å². The van der Waals surface area contributed by atoms with Gasteiger partial charge in [0.1, 0.15) is 0 Å². The Morgan fingerprint density at radius 3 is 2.50 bits per heavy atom. The maximum atomic E-state index is 9.08. The van der Waals surface area contributed by atoms with Gasteiger partial charge in [-0.05, 0) is 18.8 Å². The van der Waals surface area contributed by atoms with E-state index in [1.807, 2.05) is 0 Å². The van der Waals surface area contributed by atoms with Crippen LogP contribution in [0.2, 0.25) is 0 Å². The molecule has 2 heteroatoms. The van der Waals surface area contributed by atoms with E-state index in [1.165, 1.54) is 0 Å². The zero-order chi connectivity index (χ0) is 7.56. The van der Waals surface area contributed by atoms with Crippen LogP contribution in [-0.4, -0.2) is 23.9 Å². The Hall–Kier alpha value is -0.0800. The van der Waals surface area contributed by atoms with Crippen molar-refractivity contribution in [2.24, 2.45) is 5.92 Å². The zero-order valence-corrected chi connectivity index (χ0v) is 6.71. The molecule has 0 aromatic rings. The predicted molar refractivity (Wildman–Crippen MR) is 39.8 cm³/mol. The fourth-order valence-corrected chi connectivity index (χ4v) is 1.28. The summed E-state index contributed by atoms with van der Waals surface area (Å²) in [7, 11) is 0. The van der Waals surface area contributed by atoms with Gasteiger partial charge in [0, 0.05) is 0 Å². The van der Waals surface area contributed by atoms with Gasteiger partial charge in [-0.25, -0.2) is 0 Å². The summed E-state index contributed by atoms with van der Waals surface area (Å²) in [5, 5.41) is 9.08. The van der Waals surface area contributed by atoms with Crippen LogP contribution in [0.5, 0.6) is 0 Å². The molecule has 0 radical (unpaired) electrons. The number of aliphatic hydroxyl groups is 1. The Bertz CT molecular complexity index is 93.4. The van der Waals surface area contributed by atoms with Gasteiger partial charge in [-0.3, -0.25) is 0 Å². The molecule has 2 atom stereocenters. The molecule has 1 fully saturated rings. The Morgan fingerprint density at radius 1 is 1.40 bits per heavy atom. The maximum Gasteiger partial charge on any atom is 0.0774 e. The zero-order valence-electron chi connectivity index (χ0n) is 6.71.